The molecule has 0 spiro atoms. The number of carbonyl (C=O) groups excluding carboxylic acids is 1. The molecule has 0 aliphatic heterocycles. The number of rotatable bonds is 4. The van der Waals surface area contributed by atoms with E-state index in [4.69, 9.17) is 0 Å². The lowest BCUT2D eigenvalue weighted by atomic mass is 10.2. The molecule has 18 heavy (non-hydrogen) atoms. The smallest absolute Gasteiger partial charge is 0.350 e. The Labute approximate surface area is 98.5 Å². The van der Waals surface area contributed by atoms with Crippen molar-refractivity contribution < 1.29 is 23.2 Å². The van der Waals surface area contributed by atoms with Crippen LogP contribution in [-0.2, 0) is 4.74 Å². The van der Waals surface area contributed by atoms with E-state index in [0.717, 1.165) is 0 Å². The lowest BCUT2D eigenvalue weighted by Crippen LogP contribution is -2.23. The summed E-state index contributed by atoms with van der Waals surface area (Å²) in [5, 5.41) is 10.7. The van der Waals surface area contributed by atoms with Crippen molar-refractivity contribution in [2.45, 2.75) is 13.3 Å². The fourth-order valence-electron chi connectivity index (χ4n) is 1.23. The number of nitro groups is 1. The zero-order valence-electron chi connectivity index (χ0n) is 9.11. The minimum Gasteiger partial charge on any atom is -0.462 e. The number of hydrogen-bond acceptors (Lipinski definition) is 5. The van der Waals surface area contributed by atoms with Gasteiger partial charge in [0.1, 0.15) is 0 Å². The molecule has 0 bridgehead atoms. The van der Waals surface area contributed by atoms with Gasteiger partial charge in [0.15, 0.2) is 0 Å². The van der Waals surface area contributed by atoms with Gasteiger partial charge in [-0.1, -0.05) is 0 Å². The predicted octanol–water partition coefficient (Wildman–Crippen LogP) is 1.40. The first-order valence-corrected chi connectivity index (χ1v) is 4.75. The maximum atomic E-state index is 12.4. The summed E-state index contributed by atoms with van der Waals surface area (Å²) in [6, 6.07) is 0.443. The molecule has 0 aliphatic carbocycles. The van der Waals surface area contributed by atoms with Crippen molar-refractivity contribution in [3.8, 4) is 0 Å². The Hall–Kier alpha value is -2.32. The van der Waals surface area contributed by atoms with Crippen LogP contribution in [0.25, 0.3) is 0 Å². The number of esters is 1. The number of nitrogens with one attached hydrogen (secondary N) is 1. The van der Waals surface area contributed by atoms with Gasteiger partial charge in [-0.3, -0.25) is 14.9 Å². The standard InChI is InChI=1S/C9H8F2N2O5/c1-2-18-9(15)6-5(13(16)17)3-4(7(10)11)12-8(6)14/h3,7H,2H2,1H3,(H,12,14). The summed E-state index contributed by atoms with van der Waals surface area (Å²) < 4.78 is 29.2. The maximum Gasteiger partial charge on any atom is 0.350 e. The molecule has 1 aromatic heterocycles. The number of aromatic nitrogens is 1. The molecule has 1 aromatic rings. The van der Waals surface area contributed by atoms with Crippen molar-refractivity contribution in [1.82, 2.24) is 4.98 Å². The van der Waals surface area contributed by atoms with E-state index in [2.05, 4.69) is 4.74 Å². The van der Waals surface area contributed by atoms with Crippen LogP contribution < -0.4 is 5.56 Å². The first-order chi connectivity index (χ1) is 8.38. The number of ether oxygens (including phenoxy) is 1. The average molecular weight is 262 g/mol. The fraction of sp³-hybridized carbons (Fsp3) is 0.333. The van der Waals surface area contributed by atoms with E-state index < -0.39 is 39.8 Å². The highest BCUT2D eigenvalue weighted by molar-refractivity contribution is 5.93. The molecule has 0 fully saturated rings. The number of H-pyrrole nitrogens is 1. The van der Waals surface area contributed by atoms with Crippen LogP contribution in [0, 0.1) is 10.1 Å². The molecule has 1 heterocycles. The fourth-order valence-corrected chi connectivity index (χ4v) is 1.23. The van der Waals surface area contributed by atoms with E-state index in [1.807, 2.05) is 0 Å². The van der Waals surface area contributed by atoms with Crippen LogP contribution in [0.5, 0.6) is 0 Å². The molecule has 1 rings (SSSR count). The molecule has 0 unspecified atom stereocenters. The first-order valence-electron chi connectivity index (χ1n) is 4.75. The van der Waals surface area contributed by atoms with Crippen molar-refractivity contribution in [1.29, 1.82) is 0 Å². The quantitative estimate of drug-likeness (QED) is 0.502. The Morgan fingerprint density at radius 2 is 2.22 bits per heavy atom. The molecule has 9 heteroatoms. The highest BCUT2D eigenvalue weighted by Gasteiger charge is 2.28. The molecule has 0 aromatic carbocycles. The number of carbonyl (C=O) groups is 1. The van der Waals surface area contributed by atoms with Gasteiger partial charge >= 0.3 is 5.97 Å². The van der Waals surface area contributed by atoms with E-state index in [0.29, 0.717) is 6.07 Å². The van der Waals surface area contributed by atoms with Gasteiger partial charge in [0, 0.05) is 6.07 Å². The number of aromatic amines is 1. The molecule has 0 amide bonds. The molecular weight excluding hydrogens is 254 g/mol. The van der Waals surface area contributed by atoms with Crippen LogP contribution in [-0.4, -0.2) is 22.5 Å². The summed E-state index contributed by atoms with van der Waals surface area (Å²) in [7, 11) is 0. The molecular formula is C9H8F2N2O5. The van der Waals surface area contributed by atoms with Crippen molar-refractivity contribution in [3.05, 3.63) is 37.8 Å². The van der Waals surface area contributed by atoms with E-state index in [9.17, 15) is 28.5 Å². The Morgan fingerprint density at radius 3 is 2.67 bits per heavy atom. The van der Waals surface area contributed by atoms with Gasteiger partial charge in [0.05, 0.1) is 17.2 Å². The van der Waals surface area contributed by atoms with Gasteiger partial charge in [-0.2, -0.15) is 0 Å². The number of halogens is 2. The maximum absolute atomic E-state index is 12.4. The second kappa shape index (κ2) is 5.34. The first kappa shape index (κ1) is 13.7. The van der Waals surface area contributed by atoms with Gasteiger partial charge in [-0.15, -0.1) is 0 Å². The van der Waals surface area contributed by atoms with Crippen molar-refractivity contribution >= 4 is 11.7 Å². The monoisotopic (exact) mass is 262 g/mol. The highest BCUT2D eigenvalue weighted by atomic mass is 19.3. The summed E-state index contributed by atoms with van der Waals surface area (Å²) in [4.78, 5) is 34.0. The highest BCUT2D eigenvalue weighted by Crippen LogP contribution is 2.22. The van der Waals surface area contributed by atoms with Gasteiger partial charge in [0.2, 0.25) is 5.56 Å². The third-order valence-electron chi connectivity index (χ3n) is 1.94. The minimum absolute atomic E-state index is 0.105. The second-order valence-electron chi connectivity index (χ2n) is 3.09. The third-order valence-corrected chi connectivity index (χ3v) is 1.94. The largest absolute Gasteiger partial charge is 0.462 e. The molecule has 0 radical (unpaired) electrons. The zero-order chi connectivity index (χ0) is 13.9. The number of alkyl halides is 2. The normalized spacial score (nSPS) is 10.4. The lowest BCUT2D eigenvalue weighted by molar-refractivity contribution is -0.385. The molecule has 98 valence electrons. The van der Waals surface area contributed by atoms with Crippen LogP contribution in [0.2, 0.25) is 0 Å². The summed E-state index contributed by atoms with van der Waals surface area (Å²) >= 11 is 0. The van der Waals surface area contributed by atoms with E-state index >= 15 is 0 Å². The van der Waals surface area contributed by atoms with E-state index in [1.54, 1.807) is 4.98 Å². The van der Waals surface area contributed by atoms with Crippen molar-refractivity contribution in [2.24, 2.45) is 0 Å². The van der Waals surface area contributed by atoms with Crippen molar-refractivity contribution in [2.75, 3.05) is 6.61 Å². The van der Waals surface area contributed by atoms with E-state index in [1.165, 1.54) is 6.92 Å². The Bertz CT molecular complexity index is 540. The van der Waals surface area contributed by atoms with Gasteiger partial charge in [-0.25, -0.2) is 13.6 Å². The second-order valence-corrected chi connectivity index (χ2v) is 3.09. The van der Waals surface area contributed by atoms with Gasteiger partial charge in [0.25, 0.3) is 17.7 Å². The van der Waals surface area contributed by atoms with Crippen LogP contribution in [0.3, 0.4) is 0 Å². The van der Waals surface area contributed by atoms with E-state index in [-0.39, 0.29) is 6.61 Å². The van der Waals surface area contributed by atoms with Gasteiger partial charge in [-0.05, 0) is 6.92 Å². The average Bonchev–Trinajstić information content (AvgIpc) is 2.27. The Balaban J connectivity index is 3.46. The summed E-state index contributed by atoms with van der Waals surface area (Å²) in [6.07, 6.45) is -3.09. The molecule has 0 saturated heterocycles. The summed E-state index contributed by atoms with van der Waals surface area (Å²) in [6.45, 7) is 1.33. The topological polar surface area (TPSA) is 102 Å². The summed E-state index contributed by atoms with van der Waals surface area (Å²) in [5.41, 5.74) is -4.11. The molecule has 0 atom stereocenters. The van der Waals surface area contributed by atoms with Crippen LogP contribution in [0.1, 0.15) is 29.4 Å². The molecule has 7 nitrogen and oxygen atoms in total. The Kier molecular flexibility index (Phi) is 4.08. The number of hydrogen-bond donors (Lipinski definition) is 1. The van der Waals surface area contributed by atoms with Gasteiger partial charge < -0.3 is 9.72 Å². The minimum atomic E-state index is -3.09. The van der Waals surface area contributed by atoms with Crippen LogP contribution >= 0.6 is 0 Å². The zero-order valence-corrected chi connectivity index (χ0v) is 9.11. The summed E-state index contributed by atoms with van der Waals surface area (Å²) in [5.74, 6) is -1.23. The molecule has 1 N–H and O–H groups in total. The van der Waals surface area contributed by atoms with Crippen LogP contribution in [0.4, 0.5) is 14.5 Å². The van der Waals surface area contributed by atoms with Crippen LogP contribution in [0.15, 0.2) is 10.9 Å². The van der Waals surface area contributed by atoms with Crippen molar-refractivity contribution in [3.63, 3.8) is 0 Å². The third kappa shape index (κ3) is 2.67. The molecule has 0 saturated carbocycles. The predicted molar refractivity (Wildman–Crippen MR) is 54.6 cm³/mol. The molecule has 0 aliphatic rings. The number of pyridine rings is 1. The SMILES string of the molecule is CCOC(=O)c1c([N+](=O)[O-])cc(C(F)F)[nH]c1=O. The number of nitrogens with zero attached hydrogens (tertiary/aromatic N) is 1. The lowest BCUT2D eigenvalue weighted by Gasteiger charge is -2.04. The Morgan fingerprint density at radius 1 is 1.61 bits per heavy atom.